The summed E-state index contributed by atoms with van der Waals surface area (Å²) >= 11 is 0. The number of carbonyl (C=O) groups is 1. The lowest BCUT2D eigenvalue weighted by Crippen LogP contribution is -2.39. The lowest BCUT2D eigenvalue weighted by molar-refractivity contribution is -0.682. The molecule has 0 saturated carbocycles. The highest BCUT2D eigenvalue weighted by Gasteiger charge is 2.12. The van der Waals surface area contributed by atoms with E-state index in [-0.39, 0.29) is 5.91 Å². The zero-order valence-electron chi connectivity index (χ0n) is 14.9. The summed E-state index contributed by atoms with van der Waals surface area (Å²) in [6.07, 6.45) is 7.82. The number of piperidine rings is 1. The smallest absolute Gasteiger partial charge is 0.290 e. The van der Waals surface area contributed by atoms with Gasteiger partial charge in [-0.25, -0.2) is 0 Å². The first-order valence-electron chi connectivity index (χ1n) is 9.31. The van der Waals surface area contributed by atoms with Gasteiger partial charge >= 0.3 is 0 Å². The van der Waals surface area contributed by atoms with Gasteiger partial charge in [-0.15, -0.1) is 0 Å². The Bertz CT molecular complexity index is 899. The van der Waals surface area contributed by atoms with Gasteiger partial charge in [0.25, 0.3) is 5.91 Å². The summed E-state index contributed by atoms with van der Waals surface area (Å²) < 4.78 is 1.92. The van der Waals surface area contributed by atoms with Gasteiger partial charge in [0.1, 0.15) is 0 Å². The van der Waals surface area contributed by atoms with Crippen molar-refractivity contribution < 1.29 is 9.36 Å². The Hall–Kier alpha value is -2.88. The first-order valence-corrected chi connectivity index (χ1v) is 9.31. The molecular formula is C22H24N3O+. The number of pyridine rings is 1. The number of nitrogens with zero attached hydrogens (tertiary/aromatic N) is 2. The van der Waals surface area contributed by atoms with E-state index in [1.807, 2.05) is 47.3 Å². The number of carbonyl (C=O) groups excluding carboxylic acids is 1. The second-order valence-corrected chi connectivity index (χ2v) is 6.89. The van der Waals surface area contributed by atoms with E-state index in [0.29, 0.717) is 6.54 Å². The Morgan fingerprint density at radius 3 is 2.42 bits per heavy atom. The molecule has 0 unspecified atom stereocenters. The van der Waals surface area contributed by atoms with Crippen LogP contribution in [0.3, 0.4) is 0 Å². The Morgan fingerprint density at radius 2 is 1.65 bits per heavy atom. The maximum atomic E-state index is 12.4. The predicted octanol–water partition coefficient (Wildman–Crippen LogP) is 3.76. The van der Waals surface area contributed by atoms with Gasteiger partial charge in [0, 0.05) is 35.9 Å². The molecule has 4 heteroatoms. The number of benzene rings is 2. The third-order valence-corrected chi connectivity index (χ3v) is 4.94. The molecule has 0 aliphatic carbocycles. The standard InChI is InChI=1S/C22H23N3O/c26-22(17-24-15-12-18-6-2-3-7-19(18)16-24)23-20-8-10-21(11-9-20)25-13-4-1-5-14-25/h2-3,6-12,15-16H,1,4-5,13-14,17H2/p+1. The number of fused-ring (bicyclic) bond motifs is 1. The molecule has 3 aromatic rings. The predicted molar refractivity (Wildman–Crippen MR) is 105 cm³/mol. The van der Waals surface area contributed by atoms with Crippen LogP contribution in [-0.2, 0) is 11.3 Å². The van der Waals surface area contributed by atoms with Crippen molar-refractivity contribution in [3.63, 3.8) is 0 Å². The van der Waals surface area contributed by atoms with Crippen molar-refractivity contribution in [3.05, 3.63) is 67.0 Å². The summed E-state index contributed by atoms with van der Waals surface area (Å²) in [5.74, 6) is -0.0176. The fraction of sp³-hybridized carbons (Fsp3) is 0.273. The number of anilines is 2. The average molecular weight is 346 g/mol. The second kappa shape index (κ2) is 7.56. The third kappa shape index (κ3) is 3.85. The van der Waals surface area contributed by atoms with E-state index in [2.05, 4.69) is 34.5 Å². The fourth-order valence-corrected chi connectivity index (χ4v) is 3.55. The number of aromatic nitrogens is 1. The van der Waals surface area contributed by atoms with Gasteiger partial charge in [-0.3, -0.25) is 4.79 Å². The van der Waals surface area contributed by atoms with Crippen LogP contribution in [0.4, 0.5) is 11.4 Å². The van der Waals surface area contributed by atoms with E-state index >= 15 is 0 Å². The average Bonchev–Trinajstić information content (AvgIpc) is 2.69. The Kier molecular flexibility index (Phi) is 4.82. The molecule has 1 amide bonds. The van der Waals surface area contributed by atoms with Gasteiger partial charge in [-0.1, -0.05) is 18.2 Å². The van der Waals surface area contributed by atoms with Crippen LogP contribution in [-0.4, -0.2) is 19.0 Å². The highest BCUT2D eigenvalue weighted by atomic mass is 16.1. The van der Waals surface area contributed by atoms with E-state index in [1.165, 1.54) is 30.3 Å². The molecule has 4 nitrogen and oxygen atoms in total. The van der Waals surface area contributed by atoms with Gasteiger partial charge in [0.15, 0.2) is 12.4 Å². The van der Waals surface area contributed by atoms with Gasteiger partial charge in [-0.2, -0.15) is 4.57 Å². The molecule has 1 N–H and O–H groups in total. The van der Waals surface area contributed by atoms with Crippen LogP contribution in [0.15, 0.2) is 67.0 Å². The maximum Gasteiger partial charge on any atom is 0.290 e. The number of nitrogens with one attached hydrogen (secondary N) is 1. The number of hydrogen-bond donors (Lipinski definition) is 1. The Morgan fingerprint density at radius 1 is 0.923 bits per heavy atom. The van der Waals surface area contributed by atoms with E-state index in [1.54, 1.807) is 0 Å². The first-order chi connectivity index (χ1) is 12.8. The highest BCUT2D eigenvalue weighted by Crippen LogP contribution is 2.21. The molecule has 1 saturated heterocycles. The van der Waals surface area contributed by atoms with Crippen molar-refractivity contribution in [1.29, 1.82) is 0 Å². The molecule has 0 radical (unpaired) electrons. The molecule has 4 rings (SSSR count). The zero-order valence-corrected chi connectivity index (χ0v) is 14.9. The SMILES string of the molecule is O=C(C[n+]1ccc2ccccc2c1)Nc1ccc(N2CCCCC2)cc1. The largest absolute Gasteiger partial charge is 0.372 e. The van der Waals surface area contributed by atoms with Crippen LogP contribution in [0.5, 0.6) is 0 Å². The normalized spacial score (nSPS) is 14.4. The minimum Gasteiger partial charge on any atom is -0.372 e. The van der Waals surface area contributed by atoms with Crippen molar-refractivity contribution in [2.45, 2.75) is 25.8 Å². The topological polar surface area (TPSA) is 36.2 Å². The van der Waals surface area contributed by atoms with E-state index in [4.69, 9.17) is 0 Å². The van der Waals surface area contributed by atoms with Crippen LogP contribution in [0.25, 0.3) is 10.8 Å². The molecule has 1 aromatic heterocycles. The van der Waals surface area contributed by atoms with Crippen LogP contribution in [0, 0.1) is 0 Å². The lowest BCUT2D eigenvalue weighted by Gasteiger charge is -2.28. The molecule has 1 aliphatic heterocycles. The van der Waals surface area contributed by atoms with Gasteiger partial charge in [0.05, 0.1) is 0 Å². The van der Waals surface area contributed by atoms with Crippen LogP contribution in [0.1, 0.15) is 19.3 Å². The summed E-state index contributed by atoms with van der Waals surface area (Å²) in [6.45, 7) is 2.56. The minimum absolute atomic E-state index is 0.0176. The highest BCUT2D eigenvalue weighted by molar-refractivity contribution is 5.90. The van der Waals surface area contributed by atoms with Crippen molar-refractivity contribution >= 4 is 28.1 Å². The minimum atomic E-state index is -0.0176. The van der Waals surface area contributed by atoms with Gasteiger partial charge < -0.3 is 10.2 Å². The maximum absolute atomic E-state index is 12.4. The number of hydrogen-bond acceptors (Lipinski definition) is 2. The first kappa shape index (κ1) is 16.6. The molecule has 2 heterocycles. The summed E-state index contributed by atoms with van der Waals surface area (Å²) in [5.41, 5.74) is 2.09. The third-order valence-electron chi connectivity index (χ3n) is 4.94. The molecule has 0 atom stereocenters. The summed E-state index contributed by atoms with van der Waals surface area (Å²) in [6, 6.07) is 18.4. The van der Waals surface area contributed by atoms with Crippen molar-refractivity contribution in [1.82, 2.24) is 0 Å². The molecule has 0 bridgehead atoms. The fourth-order valence-electron chi connectivity index (χ4n) is 3.55. The van der Waals surface area contributed by atoms with E-state index in [9.17, 15) is 4.79 Å². The quantitative estimate of drug-likeness (QED) is 0.730. The molecular weight excluding hydrogens is 322 g/mol. The zero-order chi connectivity index (χ0) is 17.8. The number of rotatable bonds is 4. The molecule has 132 valence electrons. The lowest BCUT2D eigenvalue weighted by atomic mass is 10.1. The van der Waals surface area contributed by atoms with Crippen molar-refractivity contribution in [2.24, 2.45) is 0 Å². The van der Waals surface area contributed by atoms with Gasteiger partial charge in [0.2, 0.25) is 6.54 Å². The second-order valence-electron chi connectivity index (χ2n) is 6.89. The molecule has 0 spiro atoms. The summed E-state index contributed by atoms with van der Waals surface area (Å²) in [4.78, 5) is 14.8. The molecule has 1 fully saturated rings. The summed E-state index contributed by atoms with van der Waals surface area (Å²) in [7, 11) is 0. The van der Waals surface area contributed by atoms with Crippen molar-refractivity contribution in [3.8, 4) is 0 Å². The monoisotopic (exact) mass is 346 g/mol. The van der Waals surface area contributed by atoms with Crippen LogP contribution < -0.4 is 14.8 Å². The van der Waals surface area contributed by atoms with Crippen LogP contribution in [0.2, 0.25) is 0 Å². The van der Waals surface area contributed by atoms with Crippen molar-refractivity contribution in [2.75, 3.05) is 23.3 Å². The van der Waals surface area contributed by atoms with E-state index in [0.717, 1.165) is 24.2 Å². The number of amides is 1. The summed E-state index contributed by atoms with van der Waals surface area (Å²) in [5, 5.41) is 5.30. The van der Waals surface area contributed by atoms with Crippen LogP contribution >= 0.6 is 0 Å². The molecule has 26 heavy (non-hydrogen) atoms. The molecule has 2 aromatic carbocycles. The van der Waals surface area contributed by atoms with Gasteiger partial charge in [-0.05, 0) is 55.0 Å². The van der Waals surface area contributed by atoms with E-state index < -0.39 is 0 Å². The Balaban J connectivity index is 1.39. The Labute approximate surface area is 154 Å². The molecule has 1 aliphatic rings.